The first-order chi connectivity index (χ1) is 19.5. The van der Waals surface area contributed by atoms with Gasteiger partial charge in [-0.2, -0.15) is 0 Å². The zero-order chi connectivity index (χ0) is 28.3. The summed E-state index contributed by atoms with van der Waals surface area (Å²) < 4.78 is 10.9. The Hall–Kier alpha value is -4.30. The summed E-state index contributed by atoms with van der Waals surface area (Å²) in [6.07, 6.45) is 2.70. The molecule has 0 atom stereocenters. The van der Waals surface area contributed by atoms with Crippen LogP contribution in [0, 0.1) is 6.92 Å². The molecule has 8 nitrogen and oxygen atoms in total. The molecule has 2 N–H and O–H groups in total. The van der Waals surface area contributed by atoms with E-state index in [0.717, 1.165) is 27.6 Å². The van der Waals surface area contributed by atoms with Crippen molar-refractivity contribution in [1.82, 2.24) is 14.8 Å². The van der Waals surface area contributed by atoms with E-state index in [1.54, 1.807) is 19.2 Å². The van der Waals surface area contributed by atoms with Crippen molar-refractivity contribution in [3.8, 4) is 5.75 Å². The minimum atomic E-state index is -0.385. The molecule has 8 heteroatoms. The first-order valence-electron chi connectivity index (χ1n) is 13.6. The van der Waals surface area contributed by atoms with Gasteiger partial charge >= 0.3 is 6.03 Å². The molecule has 0 bridgehead atoms. The molecule has 0 spiro atoms. The van der Waals surface area contributed by atoms with Gasteiger partial charge in [0.2, 0.25) is 5.91 Å². The zero-order valence-electron chi connectivity index (χ0n) is 23.5. The number of para-hydroxylation sites is 3. The predicted molar refractivity (Wildman–Crippen MR) is 159 cm³/mol. The van der Waals surface area contributed by atoms with Crippen LogP contribution in [0.4, 0.5) is 10.5 Å². The quantitative estimate of drug-likeness (QED) is 0.229. The van der Waals surface area contributed by atoms with Crippen molar-refractivity contribution in [1.29, 1.82) is 0 Å². The second-order valence-electron chi connectivity index (χ2n) is 9.68. The summed E-state index contributed by atoms with van der Waals surface area (Å²) in [6.45, 7) is 5.87. The second kappa shape index (κ2) is 14.2. The largest absolute Gasteiger partial charge is 0.492 e. The third-order valence-corrected chi connectivity index (χ3v) is 6.78. The van der Waals surface area contributed by atoms with Crippen molar-refractivity contribution in [3.05, 3.63) is 95.7 Å². The summed E-state index contributed by atoms with van der Waals surface area (Å²) in [6, 6.07) is 23.2. The van der Waals surface area contributed by atoms with E-state index in [-0.39, 0.29) is 25.0 Å². The van der Waals surface area contributed by atoms with Crippen LogP contribution in [0.3, 0.4) is 0 Å². The van der Waals surface area contributed by atoms with Crippen LogP contribution in [0.5, 0.6) is 5.75 Å². The molecule has 0 unspecified atom stereocenters. The molecule has 1 heterocycles. The number of amides is 3. The zero-order valence-corrected chi connectivity index (χ0v) is 23.5. The van der Waals surface area contributed by atoms with Crippen molar-refractivity contribution >= 4 is 28.5 Å². The number of ether oxygens (including phenoxy) is 2. The number of urea groups is 1. The maximum absolute atomic E-state index is 13.8. The lowest BCUT2D eigenvalue weighted by molar-refractivity contribution is -0.132. The predicted octanol–water partition coefficient (Wildman–Crippen LogP) is 5.63. The lowest BCUT2D eigenvalue weighted by Crippen LogP contribution is -2.46. The maximum atomic E-state index is 13.8. The topological polar surface area (TPSA) is 86.9 Å². The van der Waals surface area contributed by atoms with E-state index in [4.69, 9.17) is 9.47 Å². The third-order valence-electron chi connectivity index (χ3n) is 6.78. The van der Waals surface area contributed by atoms with Crippen LogP contribution in [0.2, 0.25) is 0 Å². The average molecular weight is 543 g/mol. The lowest BCUT2D eigenvalue weighted by Gasteiger charge is -2.28. The highest BCUT2D eigenvalue weighted by Crippen LogP contribution is 2.24. The van der Waals surface area contributed by atoms with Crippen LogP contribution >= 0.6 is 0 Å². The Bertz CT molecular complexity index is 1400. The highest BCUT2D eigenvalue weighted by atomic mass is 16.5. The minimum Gasteiger partial charge on any atom is -0.492 e. The summed E-state index contributed by atoms with van der Waals surface area (Å²) in [5, 5.41) is 4.06. The van der Waals surface area contributed by atoms with E-state index in [0.29, 0.717) is 44.2 Å². The Labute approximate surface area is 235 Å². The Morgan fingerprint density at radius 2 is 1.68 bits per heavy atom. The molecular formula is C32H38N4O4. The number of rotatable bonds is 13. The van der Waals surface area contributed by atoms with Crippen molar-refractivity contribution in [3.63, 3.8) is 0 Å². The van der Waals surface area contributed by atoms with Gasteiger partial charge in [-0.25, -0.2) is 4.79 Å². The molecule has 0 aliphatic carbocycles. The molecule has 3 aromatic carbocycles. The number of nitrogens with zero attached hydrogens (tertiary/aromatic N) is 2. The Kier molecular flexibility index (Phi) is 10.2. The first kappa shape index (κ1) is 28.7. The molecule has 1 aromatic heterocycles. The fourth-order valence-electron chi connectivity index (χ4n) is 4.56. The number of fused-ring (bicyclic) bond motifs is 1. The highest BCUT2D eigenvalue weighted by Gasteiger charge is 2.23. The number of benzene rings is 3. The van der Waals surface area contributed by atoms with E-state index < -0.39 is 0 Å². The molecule has 4 rings (SSSR count). The number of hydrogen-bond acceptors (Lipinski definition) is 4. The van der Waals surface area contributed by atoms with Gasteiger partial charge in [0, 0.05) is 43.8 Å². The summed E-state index contributed by atoms with van der Waals surface area (Å²) in [7, 11) is 1.58. The number of nitrogens with one attached hydrogen (secondary N) is 2. The van der Waals surface area contributed by atoms with Crippen molar-refractivity contribution in [2.75, 3.05) is 45.3 Å². The number of carbonyl (C=O) groups is 2. The van der Waals surface area contributed by atoms with Crippen molar-refractivity contribution in [2.45, 2.75) is 26.8 Å². The number of anilines is 1. The maximum Gasteiger partial charge on any atom is 0.322 e. The van der Waals surface area contributed by atoms with Gasteiger partial charge in [0.1, 0.15) is 12.3 Å². The number of methoxy groups -OCH3 is 1. The van der Waals surface area contributed by atoms with Gasteiger partial charge in [0.15, 0.2) is 0 Å². The Morgan fingerprint density at radius 1 is 0.925 bits per heavy atom. The first-order valence-corrected chi connectivity index (χ1v) is 13.6. The third kappa shape index (κ3) is 7.64. The number of aromatic amines is 1. The van der Waals surface area contributed by atoms with Crippen LogP contribution in [0.15, 0.2) is 79.0 Å². The number of aryl methyl sites for hydroxylation is 1. The Morgan fingerprint density at radius 3 is 2.45 bits per heavy atom. The summed E-state index contributed by atoms with van der Waals surface area (Å²) in [5.41, 5.74) is 4.98. The van der Waals surface area contributed by atoms with Gasteiger partial charge in [-0.15, -0.1) is 0 Å². The molecule has 40 heavy (non-hydrogen) atoms. The second-order valence-corrected chi connectivity index (χ2v) is 9.68. The lowest BCUT2D eigenvalue weighted by atomic mass is 10.1. The van der Waals surface area contributed by atoms with Gasteiger partial charge in [-0.3, -0.25) is 4.79 Å². The fourth-order valence-corrected chi connectivity index (χ4v) is 4.56. The summed E-state index contributed by atoms with van der Waals surface area (Å²) in [5.74, 6) is 0.445. The summed E-state index contributed by atoms with van der Waals surface area (Å²) in [4.78, 5) is 33.7. The van der Waals surface area contributed by atoms with Gasteiger partial charge in [0.05, 0.1) is 18.9 Å². The monoisotopic (exact) mass is 542 g/mol. The SMILES string of the molecule is CCOc1ccccc1NC(=O)N(CCOC)CC(=O)N(CCc1c[nH]c2ccccc12)Cc1ccc(C)cc1. The van der Waals surface area contributed by atoms with Crippen LogP contribution in [-0.4, -0.2) is 66.7 Å². The molecule has 0 saturated carbocycles. The number of carbonyl (C=O) groups excluding carboxylic acids is 2. The Balaban J connectivity index is 1.51. The van der Waals surface area contributed by atoms with E-state index in [1.165, 1.54) is 4.90 Å². The van der Waals surface area contributed by atoms with Crippen LogP contribution in [-0.2, 0) is 22.5 Å². The van der Waals surface area contributed by atoms with E-state index in [1.807, 2.05) is 79.5 Å². The van der Waals surface area contributed by atoms with Crippen LogP contribution in [0.1, 0.15) is 23.6 Å². The standard InChI is InChI=1S/C32H38N4O4/c1-4-40-30-12-8-7-11-29(30)34-32(38)36(19-20-39-3)23-31(37)35(22-25-15-13-24(2)14-16-25)18-17-26-21-33-28-10-6-5-9-27(26)28/h5-16,21,33H,4,17-20,22-23H2,1-3H3,(H,34,38). The van der Waals surface area contributed by atoms with Crippen molar-refractivity contribution < 1.29 is 19.1 Å². The molecule has 0 fully saturated rings. The molecule has 0 radical (unpaired) electrons. The molecule has 0 aliphatic rings. The molecule has 0 saturated heterocycles. The number of H-pyrrole nitrogens is 1. The smallest absolute Gasteiger partial charge is 0.322 e. The van der Waals surface area contributed by atoms with Crippen LogP contribution in [0.25, 0.3) is 10.9 Å². The van der Waals surface area contributed by atoms with E-state index in [9.17, 15) is 9.59 Å². The molecule has 210 valence electrons. The molecule has 4 aromatic rings. The molecule has 3 amide bonds. The molecular weight excluding hydrogens is 504 g/mol. The highest BCUT2D eigenvalue weighted by molar-refractivity contribution is 5.93. The van der Waals surface area contributed by atoms with Gasteiger partial charge in [-0.1, -0.05) is 60.2 Å². The average Bonchev–Trinajstić information content (AvgIpc) is 3.38. The van der Waals surface area contributed by atoms with E-state index >= 15 is 0 Å². The number of hydrogen-bond donors (Lipinski definition) is 2. The summed E-state index contributed by atoms with van der Waals surface area (Å²) >= 11 is 0. The van der Waals surface area contributed by atoms with Crippen LogP contribution < -0.4 is 10.1 Å². The molecule has 0 aliphatic heterocycles. The van der Waals surface area contributed by atoms with Gasteiger partial charge < -0.3 is 29.6 Å². The number of aromatic nitrogens is 1. The van der Waals surface area contributed by atoms with Crippen molar-refractivity contribution in [2.24, 2.45) is 0 Å². The van der Waals surface area contributed by atoms with Gasteiger partial charge in [-0.05, 0) is 49.6 Å². The normalized spacial score (nSPS) is 10.9. The minimum absolute atomic E-state index is 0.0776. The van der Waals surface area contributed by atoms with Gasteiger partial charge in [0.25, 0.3) is 0 Å². The fraction of sp³-hybridized carbons (Fsp3) is 0.312. The van der Waals surface area contributed by atoms with E-state index in [2.05, 4.69) is 16.4 Å².